The lowest BCUT2D eigenvalue weighted by Crippen LogP contribution is -2.29. The van der Waals surface area contributed by atoms with Gasteiger partial charge >= 0.3 is 0 Å². The highest BCUT2D eigenvalue weighted by atomic mass is 32.2. The molecule has 0 radical (unpaired) electrons. The molecular weight excluding hydrogens is 344 g/mol. The van der Waals surface area contributed by atoms with Gasteiger partial charge in [0.25, 0.3) is 5.56 Å². The molecule has 8 heteroatoms. The van der Waals surface area contributed by atoms with Crippen LogP contribution in [0.25, 0.3) is 10.9 Å². The van der Waals surface area contributed by atoms with E-state index in [1.807, 2.05) is 13.0 Å². The van der Waals surface area contributed by atoms with E-state index in [-0.39, 0.29) is 17.9 Å². The molecule has 0 amide bonds. The molecule has 2 N–H and O–H groups in total. The van der Waals surface area contributed by atoms with Crippen molar-refractivity contribution in [3.8, 4) is 11.5 Å². The van der Waals surface area contributed by atoms with Gasteiger partial charge in [0, 0.05) is 23.6 Å². The molecule has 0 atom stereocenters. The van der Waals surface area contributed by atoms with Crippen LogP contribution in [0.15, 0.2) is 23.0 Å². The molecule has 1 aliphatic heterocycles. The number of sulfonamides is 1. The lowest BCUT2D eigenvalue weighted by atomic mass is 10.1. The molecule has 0 spiro atoms. The van der Waals surface area contributed by atoms with Gasteiger partial charge in [0.2, 0.25) is 10.0 Å². The zero-order valence-corrected chi connectivity index (χ0v) is 14.9. The minimum Gasteiger partial charge on any atom is -0.486 e. The largest absolute Gasteiger partial charge is 0.486 e. The van der Waals surface area contributed by atoms with Crippen molar-refractivity contribution in [2.24, 2.45) is 0 Å². The Kier molecular flexibility index (Phi) is 5.29. The molecule has 7 nitrogen and oxygen atoms in total. The van der Waals surface area contributed by atoms with E-state index < -0.39 is 10.0 Å². The maximum atomic E-state index is 12.2. The summed E-state index contributed by atoms with van der Waals surface area (Å²) in [7, 11) is -3.28. The average molecular weight is 366 g/mol. The summed E-state index contributed by atoms with van der Waals surface area (Å²) in [5.74, 6) is 1.38. The molecule has 0 aliphatic carbocycles. The minimum absolute atomic E-state index is 0.112. The third-order valence-electron chi connectivity index (χ3n) is 4.07. The third-order valence-corrected chi connectivity index (χ3v) is 5.54. The topological polar surface area (TPSA) is 97.5 Å². The first-order valence-corrected chi connectivity index (χ1v) is 10.1. The molecule has 0 saturated carbocycles. The maximum absolute atomic E-state index is 12.2. The first-order chi connectivity index (χ1) is 12.0. The third kappa shape index (κ3) is 4.32. The molecule has 3 rings (SSSR count). The van der Waals surface area contributed by atoms with E-state index in [0.717, 1.165) is 11.8 Å². The second-order valence-electron chi connectivity index (χ2n) is 6.02. The van der Waals surface area contributed by atoms with Gasteiger partial charge in [0.05, 0.1) is 11.3 Å². The number of hydrogen-bond acceptors (Lipinski definition) is 5. The highest BCUT2D eigenvalue weighted by Crippen LogP contribution is 2.33. The fourth-order valence-corrected chi connectivity index (χ4v) is 3.95. The molecule has 0 saturated heterocycles. The van der Waals surface area contributed by atoms with E-state index in [9.17, 15) is 13.2 Å². The van der Waals surface area contributed by atoms with Gasteiger partial charge in [-0.15, -0.1) is 0 Å². The van der Waals surface area contributed by atoms with Crippen molar-refractivity contribution in [1.29, 1.82) is 0 Å². The summed E-state index contributed by atoms with van der Waals surface area (Å²) in [5, 5.41) is 0.827. The molecular formula is C17H22N2O5S. The van der Waals surface area contributed by atoms with Crippen LogP contribution in [0.4, 0.5) is 0 Å². The van der Waals surface area contributed by atoms with Crippen molar-refractivity contribution in [3.05, 3.63) is 34.1 Å². The summed E-state index contributed by atoms with van der Waals surface area (Å²) in [6.45, 7) is 3.12. The van der Waals surface area contributed by atoms with E-state index >= 15 is 0 Å². The Bertz CT molecular complexity index is 921. The second kappa shape index (κ2) is 7.45. The van der Waals surface area contributed by atoms with Crippen molar-refractivity contribution in [3.63, 3.8) is 0 Å². The smallest absolute Gasteiger partial charge is 0.251 e. The number of unbranched alkanes of at least 4 members (excludes halogenated alkanes) is 1. The summed E-state index contributed by atoms with van der Waals surface area (Å²) < 4.78 is 37.2. The van der Waals surface area contributed by atoms with E-state index in [1.165, 1.54) is 0 Å². The monoisotopic (exact) mass is 366 g/mol. The van der Waals surface area contributed by atoms with Crippen LogP contribution in [0.1, 0.15) is 25.3 Å². The maximum Gasteiger partial charge on any atom is 0.251 e. The van der Waals surface area contributed by atoms with E-state index in [1.54, 1.807) is 12.1 Å². The predicted octanol–water partition coefficient (Wildman–Crippen LogP) is 1.56. The molecule has 136 valence electrons. The van der Waals surface area contributed by atoms with Gasteiger partial charge in [-0.1, -0.05) is 13.3 Å². The Hall–Kier alpha value is -2.06. The van der Waals surface area contributed by atoms with E-state index in [2.05, 4.69) is 9.71 Å². The summed E-state index contributed by atoms with van der Waals surface area (Å²) in [4.78, 5) is 15.0. The zero-order valence-electron chi connectivity index (χ0n) is 14.1. The number of H-pyrrole nitrogens is 1. The fraction of sp³-hybridized carbons (Fsp3) is 0.471. The van der Waals surface area contributed by atoms with Crippen LogP contribution in [0.2, 0.25) is 0 Å². The minimum atomic E-state index is -3.28. The number of aromatic nitrogens is 1. The zero-order chi connectivity index (χ0) is 17.9. The van der Waals surface area contributed by atoms with Gasteiger partial charge in [0.1, 0.15) is 13.2 Å². The number of pyridine rings is 1. The average Bonchev–Trinajstić information content (AvgIpc) is 2.59. The highest BCUT2D eigenvalue weighted by Gasteiger charge is 2.14. The lowest BCUT2D eigenvalue weighted by molar-refractivity contribution is 0.172. The number of ether oxygens (including phenoxy) is 2. The molecule has 2 heterocycles. The Morgan fingerprint density at radius 2 is 1.88 bits per heavy atom. The summed E-state index contributed by atoms with van der Waals surface area (Å²) in [6.07, 6.45) is 1.77. The van der Waals surface area contributed by atoms with Gasteiger partial charge in [-0.3, -0.25) is 4.79 Å². The van der Waals surface area contributed by atoms with Crippen LogP contribution in [0.5, 0.6) is 11.5 Å². The fourth-order valence-electron chi connectivity index (χ4n) is 2.72. The number of rotatable bonds is 7. The van der Waals surface area contributed by atoms with Gasteiger partial charge < -0.3 is 14.5 Å². The van der Waals surface area contributed by atoms with Crippen LogP contribution in [0, 0.1) is 0 Å². The lowest BCUT2D eigenvalue weighted by Gasteiger charge is -2.18. The van der Waals surface area contributed by atoms with Crippen molar-refractivity contribution >= 4 is 20.9 Å². The highest BCUT2D eigenvalue weighted by molar-refractivity contribution is 7.89. The predicted molar refractivity (Wildman–Crippen MR) is 96.0 cm³/mol. The normalized spacial score (nSPS) is 14.0. The first kappa shape index (κ1) is 17.8. The summed E-state index contributed by atoms with van der Waals surface area (Å²) in [6, 6.07) is 5.35. The van der Waals surface area contributed by atoms with Crippen molar-refractivity contribution in [1.82, 2.24) is 9.71 Å². The molecule has 25 heavy (non-hydrogen) atoms. The SMILES string of the molecule is CCCCS(=O)(=O)NCCc1cc2cc3c(cc2[nH]c1=O)OCCO3. The molecule has 0 fully saturated rings. The molecule has 0 bridgehead atoms. The van der Waals surface area contributed by atoms with E-state index in [4.69, 9.17) is 9.47 Å². The summed E-state index contributed by atoms with van der Waals surface area (Å²) in [5.41, 5.74) is 0.973. The van der Waals surface area contributed by atoms with E-state index in [0.29, 0.717) is 48.6 Å². The number of aromatic amines is 1. The number of fused-ring (bicyclic) bond motifs is 2. The Labute approximate surface area is 146 Å². The van der Waals surface area contributed by atoms with Crippen molar-refractivity contribution in [2.45, 2.75) is 26.2 Å². The Balaban J connectivity index is 1.75. The molecule has 2 aromatic rings. The van der Waals surface area contributed by atoms with Gasteiger partial charge in [-0.2, -0.15) is 0 Å². The number of hydrogen-bond donors (Lipinski definition) is 2. The van der Waals surface area contributed by atoms with Crippen LogP contribution < -0.4 is 19.8 Å². The molecule has 1 aromatic carbocycles. The van der Waals surface area contributed by atoms with Gasteiger partial charge in [-0.25, -0.2) is 13.1 Å². The van der Waals surface area contributed by atoms with Gasteiger partial charge in [-0.05, 0) is 25.0 Å². The van der Waals surface area contributed by atoms with Crippen LogP contribution in [0.3, 0.4) is 0 Å². The van der Waals surface area contributed by atoms with Crippen LogP contribution >= 0.6 is 0 Å². The molecule has 0 unspecified atom stereocenters. The number of benzene rings is 1. The Morgan fingerprint density at radius 1 is 1.16 bits per heavy atom. The molecule has 1 aliphatic rings. The van der Waals surface area contributed by atoms with Crippen molar-refractivity contribution in [2.75, 3.05) is 25.5 Å². The standard InChI is InChI=1S/C17H22N2O5S/c1-2-3-8-25(21,22)18-5-4-12-9-13-10-15-16(24-7-6-23-15)11-14(13)19-17(12)20/h9-11,18H,2-8H2,1H3,(H,19,20). The van der Waals surface area contributed by atoms with Crippen LogP contribution in [-0.2, 0) is 16.4 Å². The van der Waals surface area contributed by atoms with Gasteiger partial charge in [0.15, 0.2) is 11.5 Å². The molecule has 1 aromatic heterocycles. The second-order valence-corrected chi connectivity index (χ2v) is 7.95. The van der Waals surface area contributed by atoms with Crippen LogP contribution in [-0.4, -0.2) is 38.9 Å². The quantitative estimate of drug-likeness (QED) is 0.775. The summed E-state index contributed by atoms with van der Waals surface area (Å²) >= 11 is 0. The first-order valence-electron chi connectivity index (χ1n) is 8.41. The number of nitrogens with one attached hydrogen (secondary N) is 2. The Morgan fingerprint density at radius 3 is 2.60 bits per heavy atom. The van der Waals surface area contributed by atoms with Crippen molar-refractivity contribution < 1.29 is 17.9 Å².